The van der Waals surface area contributed by atoms with Crippen molar-refractivity contribution >= 4 is 5.91 Å². The van der Waals surface area contributed by atoms with Crippen LogP contribution >= 0.6 is 0 Å². The molecule has 1 amide bonds. The Morgan fingerprint density at radius 1 is 1.05 bits per heavy atom. The minimum Gasteiger partial charge on any atom is -0.342 e. The molecule has 0 bridgehead atoms. The Kier molecular flexibility index (Phi) is 7.19. The number of hydrogen-bond acceptors (Lipinski definition) is 2. The van der Waals surface area contributed by atoms with Gasteiger partial charge in [0, 0.05) is 19.6 Å². The minimum absolute atomic E-state index is 0.173. The van der Waals surface area contributed by atoms with E-state index in [2.05, 4.69) is 51.8 Å². The smallest absolute Gasteiger partial charge is 0.230 e. The molecule has 1 atom stereocenters. The van der Waals surface area contributed by atoms with Crippen LogP contribution < -0.4 is 5.32 Å². The third kappa shape index (κ3) is 4.98. The van der Waals surface area contributed by atoms with Crippen molar-refractivity contribution in [2.45, 2.75) is 60.8 Å². The highest BCUT2D eigenvalue weighted by atomic mass is 16.2. The molecule has 0 saturated carbocycles. The fourth-order valence-corrected chi connectivity index (χ4v) is 3.09. The summed E-state index contributed by atoms with van der Waals surface area (Å²) in [4.78, 5) is 15.4. The number of nitrogens with zero attached hydrogens (tertiary/aromatic N) is 1. The van der Waals surface area contributed by atoms with Gasteiger partial charge in [-0.1, -0.05) is 41.5 Å². The van der Waals surface area contributed by atoms with E-state index in [1.54, 1.807) is 0 Å². The topological polar surface area (TPSA) is 32.3 Å². The predicted octanol–water partition coefficient (Wildman–Crippen LogP) is 3.54. The van der Waals surface area contributed by atoms with Crippen molar-refractivity contribution in [3.8, 4) is 0 Å². The maximum atomic E-state index is 13.2. The van der Waals surface area contributed by atoms with Crippen LogP contribution in [0.2, 0.25) is 0 Å². The molecular weight excluding hydrogens is 260 g/mol. The summed E-state index contributed by atoms with van der Waals surface area (Å²) in [5.41, 5.74) is -0.173. The normalized spacial score (nSPS) is 22.5. The molecule has 1 rings (SSSR count). The van der Waals surface area contributed by atoms with Gasteiger partial charge >= 0.3 is 0 Å². The maximum absolute atomic E-state index is 13.2. The van der Waals surface area contributed by atoms with Gasteiger partial charge in [-0.05, 0) is 43.6 Å². The second kappa shape index (κ2) is 8.17. The van der Waals surface area contributed by atoms with Crippen LogP contribution in [0.1, 0.15) is 60.8 Å². The molecule has 1 aliphatic rings. The molecule has 0 aliphatic carbocycles. The first-order valence-corrected chi connectivity index (χ1v) is 8.79. The lowest BCUT2D eigenvalue weighted by atomic mass is 9.75. The van der Waals surface area contributed by atoms with Crippen LogP contribution in [0.5, 0.6) is 0 Å². The molecule has 3 nitrogen and oxygen atoms in total. The quantitative estimate of drug-likeness (QED) is 0.743. The van der Waals surface area contributed by atoms with Gasteiger partial charge in [-0.25, -0.2) is 0 Å². The van der Waals surface area contributed by atoms with Crippen LogP contribution in [0.3, 0.4) is 0 Å². The first-order chi connectivity index (χ1) is 9.79. The van der Waals surface area contributed by atoms with Gasteiger partial charge in [0.05, 0.1) is 5.41 Å². The fraction of sp³-hybridized carbons (Fsp3) is 0.944. The van der Waals surface area contributed by atoms with Gasteiger partial charge in [0.15, 0.2) is 0 Å². The van der Waals surface area contributed by atoms with E-state index in [9.17, 15) is 4.79 Å². The third-order valence-electron chi connectivity index (χ3n) is 4.96. The summed E-state index contributed by atoms with van der Waals surface area (Å²) in [5.74, 6) is 2.09. The highest BCUT2D eigenvalue weighted by molar-refractivity contribution is 5.83. The van der Waals surface area contributed by atoms with Gasteiger partial charge < -0.3 is 10.2 Å². The van der Waals surface area contributed by atoms with Gasteiger partial charge in [0.25, 0.3) is 0 Å². The fourth-order valence-electron chi connectivity index (χ4n) is 3.09. The van der Waals surface area contributed by atoms with E-state index in [0.717, 1.165) is 45.4 Å². The lowest BCUT2D eigenvalue weighted by molar-refractivity contribution is -0.144. The molecule has 0 aromatic carbocycles. The van der Waals surface area contributed by atoms with Gasteiger partial charge in [0.1, 0.15) is 0 Å². The molecule has 0 radical (unpaired) electrons. The zero-order valence-corrected chi connectivity index (χ0v) is 15.0. The van der Waals surface area contributed by atoms with Crippen LogP contribution in [0, 0.1) is 23.2 Å². The van der Waals surface area contributed by atoms with Crippen LogP contribution in [-0.4, -0.2) is 37.0 Å². The Morgan fingerprint density at radius 2 is 1.57 bits per heavy atom. The molecule has 1 unspecified atom stereocenters. The first kappa shape index (κ1) is 18.5. The Labute approximate surface area is 131 Å². The maximum Gasteiger partial charge on any atom is 0.230 e. The van der Waals surface area contributed by atoms with Crippen LogP contribution in [-0.2, 0) is 4.79 Å². The standard InChI is InChI=1S/C18H36N2O/c1-14(2)7-11-20(12-8-15(3)4)17(21)18(16(5)6)9-10-19-13-18/h14-16,19H,7-13H2,1-6H3. The van der Waals surface area contributed by atoms with E-state index in [1.807, 2.05) is 0 Å². The highest BCUT2D eigenvalue weighted by Gasteiger charge is 2.45. The van der Waals surface area contributed by atoms with Crippen molar-refractivity contribution < 1.29 is 4.79 Å². The minimum atomic E-state index is -0.173. The van der Waals surface area contributed by atoms with E-state index in [1.165, 1.54) is 0 Å². The van der Waals surface area contributed by atoms with Gasteiger partial charge in [0.2, 0.25) is 5.91 Å². The van der Waals surface area contributed by atoms with Crippen LogP contribution in [0.4, 0.5) is 0 Å². The van der Waals surface area contributed by atoms with E-state index in [0.29, 0.717) is 23.7 Å². The molecule has 1 fully saturated rings. The summed E-state index contributed by atoms with van der Waals surface area (Å²) in [6, 6.07) is 0. The van der Waals surface area contributed by atoms with E-state index < -0.39 is 0 Å². The second-order valence-electron chi connectivity index (χ2n) is 7.89. The molecule has 1 saturated heterocycles. The molecule has 21 heavy (non-hydrogen) atoms. The van der Waals surface area contributed by atoms with E-state index in [4.69, 9.17) is 0 Å². The molecule has 1 heterocycles. The summed E-state index contributed by atoms with van der Waals surface area (Å²) >= 11 is 0. The number of carbonyl (C=O) groups is 1. The zero-order chi connectivity index (χ0) is 16.0. The molecule has 0 aromatic rings. The summed E-state index contributed by atoms with van der Waals surface area (Å²) in [7, 11) is 0. The molecule has 0 aromatic heterocycles. The molecule has 0 spiro atoms. The van der Waals surface area contributed by atoms with Gasteiger partial charge in [-0.2, -0.15) is 0 Å². The number of carbonyl (C=O) groups excluding carboxylic acids is 1. The average molecular weight is 296 g/mol. The SMILES string of the molecule is CC(C)CCN(CCC(C)C)C(=O)C1(C(C)C)CCNC1. The van der Waals surface area contributed by atoms with Crippen molar-refractivity contribution in [2.75, 3.05) is 26.2 Å². The number of hydrogen-bond donors (Lipinski definition) is 1. The Bertz CT molecular complexity index is 305. The van der Waals surface area contributed by atoms with Crippen molar-refractivity contribution in [3.63, 3.8) is 0 Å². The molecule has 3 heteroatoms. The van der Waals surface area contributed by atoms with Crippen molar-refractivity contribution in [1.82, 2.24) is 10.2 Å². The monoisotopic (exact) mass is 296 g/mol. The lowest BCUT2D eigenvalue weighted by Crippen LogP contribution is -2.49. The van der Waals surface area contributed by atoms with E-state index in [-0.39, 0.29) is 5.41 Å². The van der Waals surface area contributed by atoms with Crippen LogP contribution in [0.25, 0.3) is 0 Å². The van der Waals surface area contributed by atoms with Crippen molar-refractivity contribution in [1.29, 1.82) is 0 Å². The van der Waals surface area contributed by atoms with Gasteiger partial charge in [-0.15, -0.1) is 0 Å². The summed E-state index contributed by atoms with van der Waals surface area (Å²) < 4.78 is 0. The van der Waals surface area contributed by atoms with E-state index >= 15 is 0 Å². The van der Waals surface area contributed by atoms with Crippen LogP contribution in [0.15, 0.2) is 0 Å². The molecule has 1 aliphatic heterocycles. The second-order valence-corrected chi connectivity index (χ2v) is 7.89. The van der Waals surface area contributed by atoms with Crippen molar-refractivity contribution in [3.05, 3.63) is 0 Å². The van der Waals surface area contributed by atoms with Crippen molar-refractivity contribution in [2.24, 2.45) is 23.2 Å². The lowest BCUT2D eigenvalue weighted by Gasteiger charge is -2.37. The largest absolute Gasteiger partial charge is 0.342 e. The number of amides is 1. The zero-order valence-electron chi connectivity index (χ0n) is 15.0. The third-order valence-corrected chi connectivity index (χ3v) is 4.96. The summed E-state index contributed by atoms with van der Waals surface area (Å²) in [6.45, 7) is 17.0. The average Bonchev–Trinajstić information content (AvgIpc) is 2.88. The summed E-state index contributed by atoms with van der Waals surface area (Å²) in [5, 5.41) is 3.41. The summed E-state index contributed by atoms with van der Waals surface area (Å²) in [6.07, 6.45) is 3.19. The first-order valence-electron chi connectivity index (χ1n) is 8.79. The molecular formula is C18H36N2O. The Hall–Kier alpha value is -0.570. The Balaban J connectivity index is 2.81. The number of nitrogens with one attached hydrogen (secondary N) is 1. The van der Waals surface area contributed by atoms with Gasteiger partial charge in [-0.3, -0.25) is 4.79 Å². The highest BCUT2D eigenvalue weighted by Crippen LogP contribution is 2.36. The molecule has 1 N–H and O–H groups in total. The number of rotatable bonds is 8. The molecule has 124 valence electrons. The predicted molar refractivity (Wildman–Crippen MR) is 90.2 cm³/mol. The Morgan fingerprint density at radius 3 is 1.90 bits per heavy atom.